The smallest absolute Gasteiger partial charge is 0.407 e. The highest BCUT2D eigenvalue weighted by molar-refractivity contribution is 6.31. The molecule has 0 bridgehead atoms. The van der Waals surface area contributed by atoms with Gasteiger partial charge in [-0.25, -0.2) is 4.79 Å². The zero-order valence-electron chi connectivity index (χ0n) is 16.4. The maximum Gasteiger partial charge on any atom is 0.407 e. The van der Waals surface area contributed by atoms with E-state index in [1.165, 1.54) is 0 Å². The highest BCUT2D eigenvalue weighted by Crippen LogP contribution is 2.44. The second kappa shape index (κ2) is 8.93. The van der Waals surface area contributed by atoms with Gasteiger partial charge < -0.3 is 14.9 Å². The number of hydrogen-bond donors (Lipinski definition) is 1. The Hall–Kier alpha value is -1.88. The van der Waals surface area contributed by atoms with E-state index >= 15 is 0 Å². The van der Waals surface area contributed by atoms with E-state index in [2.05, 4.69) is 0 Å². The summed E-state index contributed by atoms with van der Waals surface area (Å²) in [6, 6.07) is 2.87. The van der Waals surface area contributed by atoms with Crippen LogP contribution in [0.3, 0.4) is 0 Å². The zero-order chi connectivity index (χ0) is 23.0. The molecule has 0 radical (unpaired) electrons. The number of piperazine rings is 1. The van der Waals surface area contributed by atoms with Gasteiger partial charge in [0.2, 0.25) is 0 Å². The van der Waals surface area contributed by atoms with Crippen molar-refractivity contribution in [3.05, 3.63) is 28.8 Å². The molecule has 0 spiro atoms. The normalized spacial score (nSPS) is 21.2. The third kappa shape index (κ3) is 5.31. The molecule has 1 atom stereocenters. The fourth-order valence-electron chi connectivity index (χ4n) is 4.32. The van der Waals surface area contributed by atoms with Gasteiger partial charge in [0.15, 0.2) is 5.92 Å². The molecule has 1 amide bonds. The lowest BCUT2D eigenvalue weighted by Crippen LogP contribution is -2.62. The van der Waals surface area contributed by atoms with Gasteiger partial charge in [-0.1, -0.05) is 17.7 Å². The minimum absolute atomic E-state index is 0.197. The van der Waals surface area contributed by atoms with Crippen LogP contribution in [0, 0.1) is 5.92 Å². The Morgan fingerprint density at radius 1 is 1.06 bits per heavy atom. The molecule has 174 valence electrons. The van der Waals surface area contributed by atoms with Crippen LogP contribution < -0.4 is 4.90 Å². The number of alkyl halides is 6. The monoisotopic (exact) mass is 473 g/mol. The van der Waals surface area contributed by atoms with Gasteiger partial charge in [0.25, 0.3) is 0 Å². The van der Waals surface area contributed by atoms with Gasteiger partial charge in [0, 0.05) is 61.6 Å². The minimum atomic E-state index is -5.58. The molecule has 0 aromatic heterocycles. The quantitative estimate of drug-likeness (QED) is 0.635. The van der Waals surface area contributed by atoms with Crippen molar-refractivity contribution in [1.82, 2.24) is 9.80 Å². The van der Waals surface area contributed by atoms with Crippen LogP contribution in [0.25, 0.3) is 0 Å². The number of carbonyl (C=O) groups is 1. The highest BCUT2D eigenvalue weighted by atomic mass is 35.5. The summed E-state index contributed by atoms with van der Waals surface area (Å²) in [7, 11) is 0. The topological polar surface area (TPSA) is 47.0 Å². The Labute approximate surface area is 180 Å². The second-order valence-corrected chi connectivity index (χ2v) is 8.17. The van der Waals surface area contributed by atoms with Crippen molar-refractivity contribution in [2.24, 2.45) is 5.92 Å². The van der Waals surface area contributed by atoms with Crippen LogP contribution in [0.2, 0.25) is 5.02 Å². The number of carboxylic acid groups (broad SMARTS) is 1. The average molecular weight is 474 g/mol. The van der Waals surface area contributed by atoms with Crippen molar-refractivity contribution < 1.29 is 36.2 Å². The lowest BCUT2D eigenvalue weighted by atomic mass is 9.93. The standard InChI is InChI=1S/C19H22ClF6N3O2/c20-13-4-3-5-14(27-6-1-2-7-27)12(13)10-28-8-9-29(17(30)31)11-15(28)16(18(21,22)23)19(24,25)26/h3-5,15-16H,1-2,6-11H2,(H,30,31). The molecule has 2 fully saturated rings. The molecule has 0 aliphatic carbocycles. The Balaban J connectivity index is 1.98. The molecule has 1 aromatic carbocycles. The molecule has 3 rings (SSSR count). The number of rotatable bonds is 4. The van der Waals surface area contributed by atoms with Gasteiger partial charge in [0.1, 0.15) is 0 Å². The van der Waals surface area contributed by atoms with Crippen molar-refractivity contribution in [2.75, 3.05) is 37.6 Å². The van der Waals surface area contributed by atoms with Crippen LogP contribution >= 0.6 is 11.6 Å². The number of amides is 1. The highest BCUT2D eigenvalue weighted by Gasteiger charge is 2.62. The molecule has 12 heteroatoms. The third-order valence-electron chi connectivity index (χ3n) is 5.80. The number of benzene rings is 1. The molecule has 1 N–H and O–H groups in total. The van der Waals surface area contributed by atoms with Crippen LogP contribution in [0.4, 0.5) is 36.8 Å². The van der Waals surface area contributed by atoms with E-state index in [4.69, 9.17) is 16.7 Å². The maximum atomic E-state index is 13.5. The molecule has 1 unspecified atom stereocenters. The lowest BCUT2D eigenvalue weighted by Gasteiger charge is -2.45. The third-order valence-corrected chi connectivity index (χ3v) is 6.15. The second-order valence-electron chi connectivity index (χ2n) is 7.76. The fraction of sp³-hybridized carbons (Fsp3) is 0.632. The molecule has 1 aromatic rings. The molecule has 2 aliphatic heterocycles. The largest absolute Gasteiger partial charge is 0.465 e. The summed E-state index contributed by atoms with van der Waals surface area (Å²) in [4.78, 5) is 15.0. The lowest BCUT2D eigenvalue weighted by molar-refractivity contribution is -0.302. The maximum absolute atomic E-state index is 13.5. The number of halogens is 7. The van der Waals surface area contributed by atoms with Crippen LogP contribution in [-0.2, 0) is 6.54 Å². The molecule has 0 saturated carbocycles. The van der Waals surface area contributed by atoms with Gasteiger partial charge in [-0.3, -0.25) is 4.90 Å². The van der Waals surface area contributed by atoms with E-state index in [0.717, 1.165) is 30.8 Å². The van der Waals surface area contributed by atoms with E-state index in [9.17, 15) is 31.1 Å². The van der Waals surface area contributed by atoms with E-state index < -0.39 is 37.0 Å². The van der Waals surface area contributed by atoms with Gasteiger partial charge >= 0.3 is 18.4 Å². The van der Waals surface area contributed by atoms with Crippen molar-refractivity contribution in [3.8, 4) is 0 Å². The van der Waals surface area contributed by atoms with Crippen molar-refractivity contribution >= 4 is 23.4 Å². The van der Waals surface area contributed by atoms with E-state index in [1.807, 2.05) is 4.90 Å². The first-order valence-corrected chi connectivity index (χ1v) is 10.1. The fourth-order valence-corrected chi connectivity index (χ4v) is 4.55. The minimum Gasteiger partial charge on any atom is -0.465 e. The van der Waals surface area contributed by atoms with E-state index in [1.54, 1.807) is 18.2 Å². The zero-order valence-corrected chi connectivity index (χ0v) is 17.1. The van der Waals surface area contributed by atoms with E-state index in [0.29, 0.717) is 16.2 Å². The SMILES string of the molecule is O=C(O)N1CCN(Cc2c(Cl)cccc2N2CCCC2)C(C(C(F)(F)F)C(F)(F)F)C1. The summed E-state index contributed by atoms with van der Waals surface area (Å²) >= 11 is 6.31. The summed E-state index contributed by atoms with van der Waals surface area (Å²) in [5.74, 6) is -3.68. The molecular weight excluding hydrogens is 452 g/mol. The van der Waals surface area contributed by atoms with Crippen LogP contribution in [0.15, 0.2) is 18.2 Å². The van der Waals surface area contributed by atoms with E-state index in [-0.39, 0.29) is 24.7 Å². The number of nitrogens with zero attached hydrogens (tertiary/aromatic N) is 3. The van der Waals surface area contributed by atoms with Crippen molar-refractivity contribution in [3.63, 3.8) is 0 Å². The van der Waals surface area contributed by atoms with Crippen molar-refractivity contribution in [1.29, 1.82) is 0 Å². The first kappa shape index (κ1) is 23.8. The molecular formula is C19H22ClF6N3O2. The van der Waals surface area contributed by atoms with Crippen molar-refractivity contribution in [2.45, 2.75) is 37.8 Å². The van der Waals surface area contributed by atoms with Gasteiger partial charge in [-0.05, 0) is 25.0 Å². The summed E-state index contributed by atoms with van der Waals surface area (Å²) in [6.45, 7) is -0.175. The summed E-state index contributed by atoms with van der Waals surface area (Å²) in [5.41, 5.74) is 1.13. The first-order valence-electron chi connectivity index (χ1n) is 9.77. The molecule has 2 saturated heterocycles. The van der Waals surface area contributed by atoms with Crippen LogP contribution in [0.1, 0.15) is 18.4 Å². The average Bonchev–Trinajstić information content (AvgIpc) is 3.16. The van der Waals surface area contributed by atoms with Crippen LogP contribution in [0.5, 0.6) is 0 Å². The first-order chi connectivity index (χ1) is 14.4. The van der Waals surface area contributed by atoms with Gasteiger partial charge in [-0.15, -0.1) is 0 Å². The molecule has 2 aliphatic rings. The molecule has 5 nitrogen and oxygen atoms in total. The predicted molar refractivity (Wildman–Crippen MR) is 102 cm³/mol. The summed E-state index contributed by atoms with van der Waals surface area (Å²) in [6.07, 6.45) is -10.9. The Morgan fingerprint density at radius 2 is 1.68 bits per heavy atom. The van der Waals surface area contributed by atoms with Crippen LogP contribution in [-0.4, -0.2) is 72.1 Å². The Kier molecular flexibility index (Phi) is 6.85. The Morgan fingerprint density at radius 3 is 2.23 bits per heavy atom. The number of anilines is 1. The number of hydrogen-bond acceptors (Lipinski definition) is 3. The summed E-state index contributed by atoms with van der Waals surface area (Å²) in [5, 5.41) is 9.42. The summed E-state index contributed by atoms with van der Waals surface area (Å²) < 4.78 is 81.0. The Bertz CT molecular complexity index is 784. The molecule has 2 heterocycles. The predicted octanol–water partition coefficient (Wildman–Crippen LogP) is 4.85. The molecule has 31 heavy (non-hydrogen) atoms. The van der Waals surface area contributed by atoms with Gasteiger partial charge in [-0.2, -0.15) is 26.3 Å². The van der Waals surface area contributed by atoms with Gasteiger partial charge in [0.05, 0.1) is 0 Å².